The second kappa shape index (κ2) is 5.65. The van der Waals surface area contributed by atoms with E-state index in [1.807, 2.05) is 18.3 Å². The number of nitrogens with zero attached hydrogens (tertiary/aromatic N) is 1. The molecule has 1 unspecified atom stereocenters. The van der Waals surface area contributed by atoms with Crippen LogP contribution in [-0.4, -0.2) is 11.5 Å². The highest BCUT2D eigenvalue weighted by Crippen LogP contribution is 2.21. The quantitative estimate of drug-likeness (QED) is 0.865. The van der Waals surface area contributed by atoms with Crippen molar-refractivity contribution in [3.05, 3.63) is 59.4 Å². The predicted molar refractivity (Wildman–Crippen MR) is 75.6 cm³/mol. The number of hydrogen-bond donors (Lipinski definition) is 2. The van der Waals surface area contributed by atoms with Gasteiger partial charge in [0, 0.05) is 24.6 Å². The number of nitrogens with two attached hydrogens (primary N) is 1. The van der Waals surface area contributed by atoms with Gasteiger partial charge in [0.1, 0.15) is 0 Å². The summed E-state index contributed by atoms with van der Waals surface area (Å²) in [7, 11) is 0. The summed E-state index contributed by atoms with van der Waals surface area (Å²) < 4.78 is 0. The van der Waals surface area contributed by atoms with Crippen LogP contribution in [0, 0.1) is 13.8 Å². The maximum absolute atomic E-state index is 5.87. The number of anilines is 1. The highest BCUT2D eigenvalue weighted by molar-refractivity contribution is 5.48. The number of rotatable bonds is 4. The van der Waals surface area contributed by atoms with Crippen LogP contribution in [0.25, 0.3) is 0 Å². The van der Waals surface area contributed by atoms with Crippen LogP contribution >= 0.6 is 0 Å². The first-order chi connectivity index (χ1) is 8.70. The van der Waals surface area contributed by atoms with Gasteiger partial charge in [0.05, 0.1) is 6.04 Å². The number of nitrogens with one attached hydrogen (secondary N) is 1. The van der Waals surface area contributed by atoms with Crippen LogP contribution in [-0.2, 0) is 0 Å². The Kier molecular flexibility index (Phi) is 3.95. The van der Waals surface area contributed by atoms with E-state index in [1.54, 1.807) is 6.20 Å². The van der Waals surface area contributed by atoms with Crippen molar-refractivity contribution in [1.29, 1.82) is 0 Å². The van der Waals surface area contributed by atoms with Gasteiger partial charge in [-0.1, -0.05) is 12.1 Å². The maximum Gasteiger partial charge on any atom is 0.0653 e. The lowest BCUT2D eigenvalue weighted by atomic mass is 10.0. The molecule has 3 N–H and O–H groups in total. The molecule has 1 aromatic carbocycles. The maximum atomic E-state index is 5.87. The number of aryl methyl sites for hydroxylation is 2. The smallest absolute Gasteiger partial charge is 0.0653 e. The third-order valence-electron chi connectivity index (χ3n) is 3.05. The zero-order valence-corrected chi connectivity index (χ0v) is 10.9. The molecule has 1 aromatic heterocycles. The van der Waals surface area contributed by atoms with E-state index in [4.69, 9.17) is 5.73 Å². The number of pyridine rings is 1. The van der Waals surface area contributed by atoms with E-state index in [0.717, 1.165) is 11.3 Å². The van der Waals surface area contributed by atoms with Gasteiger partial charge >= 0.3 is 0 Å². The van der Waals surface area contributed by atoms with Crippen molar-refractivity contribution in [3.63, 3.8) is 0 Å². The average Bonchev–Trinajstić information content (AvgIpc) is 2.37. The largest absolute Gasteiger partial charge is 0.377 e. The SMILES string of the molecule is Cc1cccc(NC(CN)c2cnccc2C)c1. The Balaban J connectivity index is 2.23. The van der Waals surface area contributed by atoms with Crippen molar-refractivity contribution in [3.8, 4) is 0 Å². The summed E-state index contributed by atoms with van der Waals surface area (Å²) in [6, 6.07) is 10.4. The molecule has 0 saturated carbocycles. The zero-order chi connectivity index (χ0) is 13.0. The molecule has 0 spiro atoms. The zero-order valence-electron chi connectivity index (χ0n) is 10.9. The molecule has 0 aliphatic carbocycles. The first-order valence-corrected chi connectivity index (χ1v) is 6.14. The molecular weight excluding hydrogens is 222 g/mol. The van der Waals surface area contributed by atoms with E-state index < -0.39 is 0 Å². The third kappa shape index (κ3) is 2.87. The van der Waals surface area contributed by atoms with Crippen LogP contribution in [0.4, 0.5) is 5.69 Å². The van der Waals surface area contributed by atoms with Gasteiger partial charge < -0.3 is 11.1 Å². The van der Waals surface area contributed by atoms with Crippen LogP contribution in [0.3, 0.4) is 0 Å². The Bertz CT molecular complexity index is 523. The predicted octanol–water partition coefficient (Wildman–Crippen LogP) is 2.81. The van der Waals surface area contributed by atoms with Crippen LogP contribution in [0.15, 0.2) is 42.7 Å². The molecule has 3 nitrogen and oxygen atoms in total. The molecule has 3 heteroatoms. The molecule has 2 rings (SSSR count). The van der Waals surface area contributed by atoms with E-state index >= 15 is 0 Å². The molecule has 1 atom stereocenters. The lowest BCUT2D eigenvalue weighted by Crippen LogP contribution is -2.21. The van der Waals surface area contributed by atoms with Gasteiger partial charge in [-0.2, -0.15) is 0 Å². The van der Waals surface area contributed by atoms with Crippen LogP contribution < -0.4 is 11.1 Å². The van der Waals surface area contributed by atoms with E-state index in [1.165, 1.54) is 11.1 Å². The van der Waals surface area contributed by atoms with Gasteiger partial charge in [0.25, 0.3) is 0 Å². The van der Waals surface area contributed by atoms with E-state index in [-0.39, 0.29) is 6.04 Å². The summed E-state index contributed by atoms with van der Waals surface area (Å²) in [5, 5.41) is 3.46. The van der Waals surface area contributed by atoms with Gasteiger partial charge in [0.15, 0.2) is 0 Å². The topological polar surface area (TPSA) is 50.9 Å². The average molecular weight is 241 g/mol. The summed E-state index contributed by atoms with van der Waals surface area (Å²) in [5.41, 5.74) is 10.6. The Morgan fingerprint density at radius 1 is 1.28 bits per heavy atom. The van der Waals surface area contributed by atoms with Crippen molar-refractivity contribution in [1.82, 2.24) is 4.98 Å². The summed E-state index contributed by atoms with van der Waals surface area (Å²) in [6.45, 7) is 4.70. The van der Waals surface area contributed by atoms with Crippen LogP contribution in [0.2, 0.25) is 0 Å². The molecule has 94 valence electrons. The van der Waals surface area contributed by atoms with Gasteiger partial charge in [0.2, 0.25) is 0 Å². The molecular formula is C15H19N3. The first-order valence-electron chi connectivity index (χ1n) is 6.14. The number of benzene rings is 1. The molecule has 18 heavy (non-hydrogen) atoms. The second-order valence-electron chi connectivity index (χ2n) is 4.53. The summed E-state index contributed by atoms with van der Waals surface area (Å²) in [4.78, 5) is 4.18. The molecule has 0 aliphatic rings. The minimum atomic E-state index is 0.0977. The molecule has 0 saturated heterocycles. The normalized spacial score (nSPS) is 12.2. The van der Waals surface area contributed by atoms with E-state index in [2.05, 4.69) is 42.3 Å². The molecule has 0 radical (unpaired) electrons. The molecule has 0 fully saturated rings. The van der Waals surface area contributed by atoms with Gasteiger partial charge in [-0.15, -0.1) is 0 Å². The fourth-order valence-electron chi connectivity index (χ4n) is 2.04. The molecule has 0 amide bonds. The summed E-state index contributed by atoms with van der Waals surface area (Å²) in [5.74, 6) is 0. The number of aromatic nitrogens is 1. The second-order valence-corrected chi connectivity index (χ2v) is 4.53. The van der Waals surface area contributed by atoms with Gasteiger partial charge in [-0.05, 0) is 48.7 Å². The Hall–Kier alpha value is -1.87. The standard InChI is InChI=1S/C15H19N3/c1-11-4-3-5-13(8-11)18-15(9-16)14-10-17-7-6-12(14)2/h3-8,10,15,18H,9,16H2,1-2H3. The molecule has 0 bridgehead atoms. The van der Waals surface area contributed by atoms with Crippen molar-refractivity contribution < 1.29 is 0 Å². The van der Waals surface area contributed by atoms with Crippen LogP contribution in [0.5, 0.6) is 0 Å². The van der Waals surface area contributed by atoms with E-state index in [9.17, 15) is 0 Å². The van der Waals surface area contributed by atoms with Crippen LogP contribution in [0.1, 0.15) is 22.7 Å². The van der Waals surface area contributed by atoms with Crippen molar-refractivity contribution in [2.75, 3.05) is 11.9 Å². The lowest BCUT2D eigenvalue weighted by Gasteiger charge is -2.20. The van der Waals surface area contributed by atoms with Crippen molar-refractivity contribution >= 4 is 5.69 Å². The fraction of sp³-hybridized carbons (Fsp3) is 0.267. The Labute approximate surface area is 108 Å². The van der Waals surface area contributed by atoms with E-state index in [0.29, 0.717) is 6.54 Å². The van der Waals surface area contributed by atoms with Gasteiger partial charge in [-0.25, -0.2) is 0 Å². The van der Waals surface area contributed by atoms with Gasteiger partial charge in [-0.3, -0.25) is 4.98 Å². The van der Waals surface area contributed by atoms with Crippen molar-refractivity contribution in [2.45, 2.75) is 19.9 Å². The molecule has 2 aromatic rings. The highest BCUT2D eigenvalue weighted by atomic mass is 14.9. The third-order valence-corrected chi connectivity index (χ3v) is 3.05. The fourth-order valence-corrected chi connectivity index (χ4v) is 2.04. The minimum absolute atomic E-state index is 0.0977. The Morgan fingerprint density at radius 2 is 2.11 bits per heavy atom. The molecule has 1 heterocycles. The number of hydrogen-bond acceptors (Lipinski definition) is 3. The summed E-state index contributed by atoms with van der Waals surface area (Å²) >= 11 is 0. The lowest BCUT2D eigenvalue weighted by molar-refractivity contribution is 0.778. The minimum Gasteiger partial charge on any atom is -0.377 e. The Morgan fingerprint density at radius 3 is 2.78 bits per heavy atom. The monoisotopic (exact) mass is 241 g/mol. The van der Waals surface area contributed by atoms with Crippen molar-refractivity contribution in [2.24, 2.45) is 5.73 Å². The summed E-state index contributed by atoms with van der Waals surface area (Å²) in [6.07, 6.45) is 3.69. The molecule has 0 aliphatic heterocycles. The first kappa shape index (κ1) is 12.6. The highest BCUT2D eigenvalue weighted by Gasteiger charge is 2.11.